The number of nitrogens with zero attached hydrogens (tertiary/aromatic N) is 1. The number of anilines is 2. The van der Waals surface area contributed by atoms with Crippen LogP contribution in [0.5, 0.6) is 5.75 Å². The number of amides is 1. The van der Waals surface area contributed by atoms with Crippen LogP contribution in [0.1, 0.15) is 42.4 Å². The smallest absolute Gasteiger partial charge is 0.258 e. The third-order valence-electron chi connectivity index (χ3n) is 5.51. The number of nitrogens with one attached hydrogen (secondary N) is 3. The molecule has 0 unspecified atom stereocenters. The van der Waals surface area contributed by atoms with Crippen molar-refractivity contribution in [2.45, 2.75) is 46.2 Å². The van der Waals surface area contributed by atoms with Crippen LogP contribution in [0.2, 0.25) is 23.1 Å². The Hall–Kier alpha value is -2.32. The number of halogens is 2. The van der Waals surface area contributed by atoms with E-state index in [1.807, 2.05) is 26.1 Å². The van der Waals surface area contributed by atoms with Crippen LogP contribution in [0, 0.1) is 6.92 Å². The van der Waals surface area contributed by atoms with E-state index in [2.05, 4.69) is 49.8 Å². The van der Waals surface area contributed by atoms with Gasteiger partial charge in [-0.3, -0.25) is 9.78 Å². The monoisotopic (exact) mass is 532 g/mol. The quantitative estimate of drug-likeness (QED) is 0.231. The van der Waals surface area contributed by atoms with Gasteiger partial charge in [-0.25, -0.2) is 0 Å². The molecule has 0 atom stereocenters. The molecule has 0 spiro atoms. The average Bonchev–Trinajstić information content (AvgIpc) is 2.74. The van der Waals surface area contributed by atoms with Gasteiger partial charge in [0.15, 0.2) is 0 Å². The second-order valence-electron chi connectivity index (χ2n) is 9.78. The molecule has 0 aliphatic carbocycles. The van der Waals surface area contributed by atoms with Crippen molar-refractivity contribution in [2.24, 2.45) is 0 Å². The maximum Gasteiger partial charge on any atom is 0.258 e. The standard InChI is InChI=1S/C26H34Cl2N4O2Si/c1-15-22(26(2,3)4)24(30-14-13-29-5)21-19(34-35(6)7)12-11-18(23(21)31-15)32-25(33)20-16(27)9-8-10-17(20)28/h8-12,29,35H,13-14H2,1-7H3,(H,30,31)(H,32,33). The van der Waals surface area contributed by atoms with Gasteiger partial charge >= 0.3 is 0 Å². The molecular weight excluding hydrogens is 499 g/mol. The molecule has 0 bridgehead atoms. The molecule has 2 aromatic carbocycles. The predicted molar refractivity (Wildman–Crippen MR) is 152 cm³/mol. The lowest BCUT2D eigenvalue weighted by molar-refractivity contribution is 0.102. The summed E-state index contributed by atoms with van der Waals surface area (Å²) in [6.07, 6.45) is 0. The van der Waals surface area contributed by atoms with Crippen LogP contribution in [0.15, 0.2) is 30.3 Å². The van der Waals surface area contributed by atoms with Gasteiger partial charge in [-0.05, 0) is 56.7 Å². The average molecular weight is 534 g/mol. The van der Waals surface area contributed by atoms with Gasteiger partial charge in [0.1, 0.15) is 5.75 Å². The van der Waals surface area contributed by atoms with Crippen molar-refractivity contribution in [2.75, 3.05) is 30.8 Å². The first kappa shape index (κ1) is 27.3. The Morgan fingerprint density at radius 1 is 1.09 bits per heavy atom. The fraction of sp³-hybridized carbons (Fsp3) is 0.385. The van der Waals surface area contributed by atoms with Crippen molar-refractivity contribution < 1.29 is 9.22 Å². The molecule has 3 N–H and O–H groups in total. The van der Waals surface area contributed by atoms with Crippen LogP contribution >= 0.6 is 23.2 Å². The van der Waals surface area contributed by atoms with Crippen LogP contribution in [-0.2, 0) is 5.41 Å². The number of carbonyl (C=O) groups excluding carboxylic acids is 1. The van der Waals surface area contributed by atoms with Gasteiger partial charge in [0.25, 0.3) is 5.91 Å². The molecule has 0 aliphatic heterocycles. The van der Waals surface area contributed by atoms with Crippen LogP contribution in [-0.4, -0.2) is 40.1 Å². The van der Waals surface area contributed by atoms with E-state index in [1.54, 1.807) is 18.2 Å². The first-order valence-corrected chi connectivity index (χ1v) is 15.3. The van der Waals surface area contributed by atoms with Gasteiger partial charge in [0.2, 0.25) is 9.04 Å². The molecule has 0 fully saturated rings. The molecule has 188 valence electrons. The molecule has 1 amide bonds. The van der Waals surface area contributed by atoms with Gasteiger partial charge < -0.3 is 20.4 Å². The van der Waals surface area contributed by atoms with E-state index in [9.17, 15) is 4.79 Å². The highest BCUT2D eigenvalue weighted by Crippen LogP contribution is 2.43. The molecule has 3 rings (SSSR count). The first-order valence-electron chi connectivity index (χ1n) is 11.7. The summed E-state index contributed by atoms with van der Waals surface area (Å²) in [7, 11) is 0.500. The third-order valence-corrected chi connectivity index (χ3v) is 6.86. The lowest BCUT2D eigenvalue weighted by atomic mass is 9.83. The minimum atomic E-state index is -1.43. The summed E-state index contributed by atoms with van der Waals surface area (Å²) in [5, 5.41) is 11.2. The molecule has 1 heterocycles. The fourth-order valence-electron chi connectivity index (χ4n) is 4.22. The molecule has 9 heteroatoms. The molecular formula is C26H34Cl2N4O2Si. The van der Waals surface area contributed by atoms with Gasteiger partial charge in [0.05, 0.1) is 37.9 Å². The van der Waals surface area contributed by atoms with Crippen molar-refractivity contribution in [1.82, 2.24) is 10.3 Å². The lowest BCUT2D eigenvalue weighted by Crippen LogP contribution is -2.23. The number of carbonyl (C=O) groups is 1. The predicted octanol–water partition coefficient (Wildman–Crippen LogP) is 6.39. The number of rotatable bonds is 8. The van der Waals surface area contributed by atoms with Gasteiger partial charge in [-0.2, -0.15) is 0 Å². The van der Waals surface area contributed by atoms with Crippen LogP contribution in [0.4, 0.5) is 11.4 Å². The Balaban J connectivity index is 2.27. The van der Waals surface area contributed by atoms with E-state index >= 15 is 0 Å². The van der Waals surface area contributed by atoms with Crippen molar-refractivity contribution in [3.05, 3.63) is 57.2 Å². The third kappa shape index (κ3) is 6.09. The minimum Gasteiger partial charge on any atom is -0.546 e. The van der Waals surface area contributed by atoms with E-state index in [4.69, 9.17) is 32.6 Å². The highest BCUT2D eigenvalue weighted by Gasteiger charge is 2.27. The van der Waals surface area contributed by atoms with E-state index in [0.29, 0.717) is 21.2 Å². The minimum absolute atomic E-state index is 0.163. The van der Waals surface area contributed by atoms with E-state index in [-0.39, 0.29) is 11.0 Å². The molecule has 1 aromatic heterocycles. The van der Waals surface area contributed by atoms with Crippen LogP contribution in [0.3, 0.4) is 0 Å². The summed E-state index contributed by atoms with van der Waals surface area (Å²) in [6.45, 7) is 14.3. The molecule has 6 nitrogen and oxygen atoms in total. The number of pyridine rings is 1. The second-order valence-corrected chi connectivity index (χ2v) is 12.9. The summed E-state index contributed by atoms with van der Waals surface area (Å²) in [5.74, 6) is 0.373. The SMILES string of the molecule is CNCCNc1c(C(C)(C)C)c(C)nc2c(NC(=O)c3c(Cl)cccc3Cl)ccc(O[SiH](C)C)c12. The zero-order valence-electron chi connectivity index (χ0n) is 21.4. The second kappa shape index (κ2) is 11.2. The Morgan fingerprint density at radius 3 is 2.31 bits per heavy atom. The first-order chi connectivity index (χ1) is 16.5. The molecule has 0 radical (unpaired) electrons. The van der Waals surface area contributed by atoms with Crippen molar-refractivity contribution >= 4 is 60.4 Å². The summed E-state index contributed by atoms with van der Waals surface area (Å²) in [5.41, 5.74) is 4.28. The van der Waals surface area contributed by atoms with Crippen LogP contribution < -0.4 is 20.4 Å². The maximum absolute atomic E-state index is 13.2. The molecule has 0 aliphatic rings. The van der Waals surface area contributed by atoms with Crippen molar-refractivity contribution in [3.8, 4) is 5.75 Å². The van der Waals surface area contributed by atoms with E-state index < -0.39 is 14.9 Å². The van der Waals surface area contributed by atoms with Gasteiger partial charge in [0, 0.05) is 24.3 Å². The fourth-order valence-corrected chi connectivity index (χ4v) is 5.49. The zero-order chi connectivity index (χ0) is 25.9. The Morgan fingerprint density at radius 2 is 1.74 bits per heavy atom. The normalized spacial score (nSPS) is 11.7. The Labute approximate surface area is 219 Å². The molecule has 3 aromatic rings. The van der Waals surface area contributed by atoms with E-state index in [1.165, 1.54) is 0 Å². The van der Waals surface area contributed by atoms with Crippen molar-refractivity contribution in [1.29, 1.82) is 0 Å². The Bertz CT molecular complexity index is 1220. The largest absolute Gasteiger partial charge is 0.546 e. The number of aryl methyl sites for hydroxylation is 1. The molecule has 35 heavy (non-hydrogen) atoms. The van der Waals surface area contributed by atoms with Gasteiger partial charge in [-0.1, -0.05) is 50.0 Å². The highest BCUT2D eigenvalue weighted by atomic mass is 35.5. The molecule has 0 saturated carbocycles. The number of hydrogen-bond donors (Lipinski definition) is 3. The maximum atomic E-state index is 13.2. The number of likely N-dealkylation sites (N-methyl/N-ethyl adjacent to an activating group) is 1. The topological polar surface area (TPSA) is 75.3 Å². The van der Waals surface area contributed by atoms with E-state index in [0.717, 1.165) is 41.2 Å². The highest BCUT2D eigenvalue weighted by molar-refractivity contribution is 6.49. The van der Waals surface area contributed by atoms with Gasteiger partial charge in [-0.15, -0.1) is 0 Å². The van der Waals surface area contributed by atoms with Crippen LogP contribution in [0.25, 0.3) is 10.9 Å². The summed E-state index contributed by atoms with van der Waals surface area (Å²) in [6, 6.07) is 8.74. The Kier molecular flexibility index (Phi) is 8.70. The lowest BCUT2D eigenvalue weighted by Gasteiger charge is -2.28. The zero-order valence-corrected chi connectivity index (χ0v) is 24.1. The summed E-state index contributed by atoms with van der Waals surface area (Å²) < 4.78 is 6.35. The number of benzene rings is 2. The number of aromatic nitrogens is 1. The summed E-state index contributed by atoms with van der Waals surface area (Å²) >= 11 is 12.6. The van der Waals surface area contributed by atoms with Crippen molar-refractivity contribution in [3.63, 3.8) is 0 Å². The number of fused-ring (bicyclic) bond motifs is 1. The summed E-state index contributed by atoms with van der Waals surface area (Å²) in [4.78, 5) is 18.2. The molecule has 0 saturated heterocycles. The number of hydrogen-bond acceptors (Lipinski definition) is 5.